The normalized spacial score (nSPS) is 11.0. The van der Waals surface area contributed by atoms with E-state index in [-0.39, 0.29) is 0 Å². The molecular formula is C66H48N6O. The van der Waals surface area contributed by atoms with E-state index in [4.69, 9.17) is 4.42 Å². The Bertz CT molecular complexity index is 3500. The van der Waals surface area contributed by atoms with Crippen LogP contribution in [0.5, 0.6) is 0 Å². The lowest BCUT2D eigenvalue weighted by Gasteiger charge is -2.29. The molecule has 0 bridgehead atoms. The molecule has 0 spiro atoms. The average molecular weight is 941 g/mol. The topological polar surface area (TPSA) is 51.9 Å². The third-order valence-electron chi connectivity index (χ3n) is 13.0. The third-order valence-corrected chi connectivity index (χ3v) is 13.0. The van der Waals surface area contributed by atoms with Crippen LogP contribution in [0.15, 0.2) is 296 Å². The molecule has 0 radical (unpaired) electrons. The second kappa shape index (κ2) is 20.2. The van der Waals surface area contributed by atoms with E-state index < -0.39 is 0 Å². The maximum absolute atomic E-state index is 6.41. The molecule has 348 valence electrons. The highest BCUT2D eigenvalue weighted by molar-refractivity contribution is 5.99. The molecule has 1 aromatic heterocycles. The minimum absolute atomic E-state index is 0.441. The molecule has 0 fully saturated rings. The van der Waals surface area contributed by atoms with Crippen LogP contribution >= 0.6 is 0 Å². The predicted molar refractivity (Wildman–Crippen MR) is 301 cm³/mol. The summed E-state index contributed by atoms with van der Waals surface area (Å²) >= 11 is 0. The number of para-hydroxylation sites is 5. The number of aromatic nitrogens is 2. The quantitative estimate of drug-likeness (QED) is 0.108. The number of anilines is 12. The van der Waals surface area contributed by atoms with Crippen molar-refractivity contribution in [2.45, 2.75) is 0 Å². The van der Waals surface area contributed by atoms with Gasteiger partial charge in [0, 0.05) is 79.1 Å². The average Bonchev–Trinajstić information content (AvgIpc) is 3.97. The van der Waals surface area contributed by atoms with Gasteiger partial charge >= 0.3 is 0 Å². The molecule has 0 aliphatic carbocycles. The van der Waals surface area contributed by atoms with Crippen molar-refractivity contribution in [3.63, 3.8) is 0 Å². The number of hydrogen-bond donors (Lipinski definition) is 0. The molecule has 0 unspecified atom stereocenters. The van der Waals surface area contributed by atoms with E-state index in [0.29, 0.717) is 11.8 Å². The van der Waals surface area contributed by atoms with Crippen molar-refractivity contribution < 1.29 is 4.42 Å². The zero-order valence-electron chi connectivity index (χ0n) is 39.8. The fraction of sp³-hybridized carbons (Fsp3) is 0. The van der Waals surface area contributed by atoms with Crippen LogP contribution in [0.1, 0.15) is 0 Å². The fourth-order valence-electron chi connectivity index (χ4n) is 9.52. The van der Waals surface area contributed by atoms with Crippen molar-refractivity contribution in [1.82, 2.24) is 10.2 Å². The number of rotatable bonds is 14. The number of hydrogen-bond acceptors (Lipinski definition) is 7. The minimum atomic E-state index is 0.441. The second-order valence-electron chi connectivity index (χ2n) is 17.6. The van der Waals surface area contributed by atoms with Crippen molar-refractivity contribution in [3.05, 3.63) is 291 Å². The third kappa shape index (κ3) is 9.18. The van der Waals surface area contributed by atoms with Crippen LogP contribution in [0.25, 0.3) is 33.7 Å². The van der Waals surface area contributed by atoms with Gasteiger partial charge in [-0.25, -0.2) is 0 Å². The molecule has 7 nitrogen and oxygen atoms in total. The lowest BCUT2D eigenvalue weighted by Crippen LogP contribution is -2.13. The van der Waals surface area contributed by atoms with Gasteiger partial charge in [-0.3, -0.25) is 0 Å². The standard InChI is InChI=1S/C66H48N6O/c1-6-21-52(22-7-1)69(53-23-8-2-9-24-53)58-41-45-60(46-42-58)71(61-47-43-59(44-48-61)70(54-25-10-3-11-26-54)55-27-12-4-13-28-55)57-37-33-50(34-38-57)65-67-68-66(73-65)51-35-39-62(40-36-51)72(56-29-14-5-15-30-56)64-32-18-20-49-19-16-17-31-63(49)64/h1-48H. The van der Waals surface area contributed by atoms with Gasteiger partial charge in [0.25, 0.3) is 0 Å². The molecule has 7 heteroatoms. The monoisotopic (exact) mass is 940 g/mol. The Hall–Kier alpha value is -9.98. The van der Waals surface area contributed by atoms with Crippen LogP contribution in [0, 0.1) is 0 Å². The molecule has 0 saturated carbocycles. The van der Waals surface area contributed by atoms with Gasteiger partial charge in [0.15, 0.2) is 0 Å². The largest absolute Gasteiger partial charge is 0.416 e. The summed E-state index contributed by atoms with van der Waals surface area (Å²) < 4.78 is 6.41. The smallest absolute Gasteiger partial charge is 0.248 e. The van der Waals surface area contributed by atoms with E-state index in [1.807, 2.05) is 54.6 Å². The lowest BCUT2D eigenvalue weighted by atomic mass is 10.1. The Balaban J connectivity index is 0.866. The molecule has 73 heavy (non-hydrogen) atoms. The molecular weight excluding hydrogens is 893 g/mol. The van der Waals surface area contributed by atoms with Crippen molar-refractivity contribution in [3.8, 4) is 22.9 Å². The summed E-state index contributed by atoms with van der Waals surface area (Å²) in [7, 11) is 0. The summed E-state index contributed by atoms with van der Waals surface area (Å²) in [6.45, 7) is 0. The molecule has 0 saturated heterocycles. The minimum Gasteiger partial charge on any atom is -0.416 e. The molecule has 0 N–H and O–H groups in total. The highest BCUT2D eigenvalue weighted by Crippen LogP contribution is 2.43. The highest BCUT2D eigenvalue weighted by Gasteiger charge is 2.20. The number of fused-ring (bicyclic) bond motifs is 1. The van der Waals surface area contributed by atoms with E-state index in [9.17, 15) is 0 Å². The van der Waals surface area contributed by atoms with Crippen LogP contribution < -0.4 is 19.6 Å². The van der Waals surface area contributed by atoms with Gasteiger partial charge in [-0.2, -0.15) is 0 Å². The first-order valence-corrected chi connectivity index (χ1v) is 24.4. The maximum atomic E-state index is 6.41. The predicted octanol–water partition coefficient (Wildman–Crippen LogP) is 18.4. The van der Waals surface area contributed by atoms with Crippen molar-refractivity contribution in [2.24, 2.45) is 0 Å². The van der Waals surface area contributed by atoms with Crippen molar-refractivity contribution >= 4 is 79.0 Å². The van der Waals surface area contributed by atoms with Gasteiger partial charge in [-0.1, -0.05) is 127 Å². The summed E-state index contributed by atoms with van der Waals surface area (Å²) in [6, 6.07) is 101. The first-order valence-electron chi connectivity index (χ1n) is 24.4. The van der Waals surface area contributed by atoms with Crippen LogP contribution in [0.2, 0.25) is 0 Å². The highest BCUT2D eigenvalue weighted by atomic mass is 16.4. The molecule has 12 rings (SSSR count). The summed E-state index contributed by atoms with van der Waals surface area (Å²) in [5, 5.41) is 11.4. The Kier molecular flexibility index (Phi) is 12.2. The van der Waals surface area contributed by atoms with E-state index in [1.54, 1.807) is 0 Å². The Morgan fingerprint density at radius 2 is 0.479 bits per heavy atom. The first-order chi connectivity index (χ1) is 36.2. The zero-order chi connectivity index (χ0) is 48.8. The molecule has 0 atom stereocenters. The first kappa shape index (κ1) is 44.2. The molecule has 11 aromatic carbocycles. The molecule has 0 amide bonds. The fourth-order valence-corrected chi connectivity index (χ4v) is 9.52. The summed E-state index contributed by atoms with van der Waals surface area (Å²) in [4.78, 5) is 9.11. The molecule has 0 aliphatic heterocycles. The number of benzene rings is 11. The van der Waals surface area contributed by atoms with Gasteiger partial charge in [0.05, 0.1) is 5.69 Å². The SMILES string of the molecule is c1ccc(N(c2ccccc2)c2ccc(N(c3ccc(-c4nnc(-c5ccc(N(c6ccccc6)c6cccc7ccccc67)cc5)o4)cc3)c3ccc(N(c4ccccc4)c4ccccc4)cc3)cc2)cc1. The van der Waals surface area contributed by atoms with Gasteiger partial charge in [-0.15, -0.1) is 10.2 Å². The van der Waals surface area contributed by atoms with E-state index in [2.05, 4.69) is 266 Å². The van der Waals surface area contributed by atoms with E-state index in [1.165, 1.54) is 10.8 Å². The Morgan fingerprint density at radius 1 is 0.219 bits per heavy atom. The lowest BCUT2D eigenvalue weighted by molar-refractivity contribution is 0.584. The molecule has 1 heterocycles. The van der Waals surface area contributed by atoms with Crippen molar-refractivity contribution in [2.75, 3.05) is 19.6 Å². The molecule has 0 aliphatic rings. The van der Waals surface area contributed by atoms with Crippen LogP contribution in [-0.4, -0.2) is 10.2 Å². The van der Waals surface area contributed by atoms with Gasteiger partial charge < -0.3 is 24.0 Å². The summed E-state index contributed by atoms with van der Waals surface area (Å²) in [6.07, 6.45) is 0. The Labute approximate surface area is 425 Å². The molecule has 12 aromatic rings. The van der Waals surface area contributed by atoms with E-state index in [0.717, 1.165) is 79.4 Å². The second-order valence-corrected chi connectivity index (χ2v) is 17.6. The number of nitrogens with zero attached hydrogens (tertiary/aromatic N) is 6. The Morgan fingerprint density at radius 3 is 0.836 bits per heavy atom. The van der Waals surface area contributed by atoms with Crippen LogP contribution in [0.4, 0.5) is 68.2 Å². The summed E-state index contributed by atoms with van der Waals surface area (Å²) in [5.74, 6) is 0.889. The van der Waals surface area contributed by atoms with Gasteiger partial charge in [0.1, 0.15) is 0 Å². The van der Waals surface area contributed by atoms with Crippen LogP contribution in [0.3, 0.4) is 0 Å². The maximum Gasteiger partial charge on any atom is 0.248 e. The zero-order valence-corrected chi connectivity index (χ0v) is 39.8. The van der Waals surface area contributed by atoms with Gasteiger partial charge in [-0.05, 0) is 169 Å². The van der Waals surface area contributed by atoms with Crippen molar-refractivity contribution in [1.29, 1.82) is 0 Å². The van der Waals surface area contributed by atoms with E-state index >= 15 is 0 Å². The van der Waals surface area contributed by atoms with Crippen LogP contribution in [-0.2, 0) is 0 Å². The van der Waals surface area contributed by atoms with Gasteiger partial charge in [0.2, 0.25) is 11.8 Å². The summed E-state index contributed by atoms with van der Waals surface area (Å²) in [5.41, 5.74) is 14.2.